The van der Waals surface area contributed by atoms with Crippen LogP contribution >= 0.6 is 0 Å². The maximum absolute atomic E-state index is 11.8. The summed E-state index contributed by atoms with van der Waals surface area (Å²) < 4.78 is 0. The molecule has 1 aliphatic carbocycles. The van der Waals surface area contributed by atoms with E-state index < -0.39 is 0 Å². The van der Waals surface area contributed by atoms with Crippen LogP contribution in [0.1, 0.15) is 30.1 Å². The van der Waals surface area contributed by atoms with Crippen molar-refractivity contribution in [2.24, 2.45) is 11.8 Å². The molecule has 0 saturated carbocycles. The minimum atomic E-state index is 0.308. The Morgan fingerprint density at radius 3 is 3.09 bits per heavy atom. The van der Waals surface area contributed by atoms with Crippen LogP contribution in [-0.2, 0) is 11.2 Å². The number of benzene rings is 1. The van der Waals surface area contributed by atoms with Crippen LogP contribution in [-0.4, -0.2) is 28.8 Å². The van der Waals surface area contributed by atoms with Crippen molar-refractivity contribution in [1.82, 2.24) is 9.88 Å². The van der Waals surface area contributed by atoms with E-state index >= 15 is 0 Å². The third kappa shape index (κ3) is 1.75. The van der Waals surface area contributed by atoms with Crippen LogP contribution in [0.5, 0.6) is 0 Å². The lowest BCUT2D eigenvalue weighted by Gasteiger charge is -2.46. The van der Waals surface area contributed by atoms with Gasteiger partial charge < -0.3 is 4.98 Å². The number of piperidine rings is 1. The minimum Gasteiger partial charge on any atom is -0.357 e. The van der Waals surface area contributed by atoms with Crippen molar-refractivity contribution in [2.75, 3.05) is 13.1 Å². The molecule has 3 nitrogen and oxygen atoms in total. The fourth-order valence-electron chi connectivity index (χ4n) is 4.75. The van der Waals surface area contributed by atoms with Gasteiger partial charge in [0.1, 0.15) is 0 Å². The van der Waals surface area contributed by atoms with Crippen molar-refractivity contribution in [3.8, 4) is 0 Å². The van der Waals surface area contributed by atoms with Gasteiger partial charge in [0.25, 0.3) is 0 Å². The van der Waals surface area contributed by atoms with Gasteiger partial charge in [0.2, 0.25) is 0 Å². The van der Waals surface area contributed by atoms with E-state index in [4.69, 9.17) is 0 Å². The average Bonchev–Trinajstić information content (AvgIpc) is 2.92. The molecule has 0 spiro atoms. The first kappa shape index (κ1) is 12.7. The highest BCUT2D eigenvalue weighted by atomic mass is 16.1. The molecule has 0 bridgehead atoms. The second-order valence-corrected chi connectivity index (χ2v) is 7.01. The number of carbonyl (C=O) groups is 1. The maximum Gasteiger partial charge on any atom is 0.155 e. The van der Waals surface area contributed by atoms with Crippen molar-refractivity contribution < 1.29 is 4.79 Å². The van der Waals surface area contributed by atoms with Gasteiger partial charge in [-0.2, -0.15) is 0 Å². The van der Waals surface area contributed by atoms with Crippen LogP contribution in [0.15, 0.2) is 36.4 Å². The van der Waals surface area contributed by atoms with E-state index in [2.05, 4.69) is 40.2 Å². The zero-order valence-corrected chi connectivity index (χ0v) is 12.6. The SMILES string of the molecule is O=C1C=CC2CN3CCc4c([nH]c5ccccc45)C3CC2C1. The Morgan fingerprint density at radius 1 is 1.23 bits per heavy atom. The van der Waals surface area contributed by atoms with E-state index in [1.807, 2.05) is 0 Å². The predicted molar refractivity (Wildman–Crippen MR) is 86.7 cm³/mol. The summed E-state index contributed by atoms with van der Waals surface area (Å²) in [5.74, 6) is 1.40. The standard InChI is InChI=1S/C19H20N2O/c22-14-6-5-12-11-21-8-7-16-15-3-1-2-4-17(15)20-19(16)18(21)10-13(12)9-14/h1-6,12-13,18,20H,7-11H2. The number of nitrogens with zero attached hydrogens (tertiary/aromatic N) is 1. The molecule has 1 aromatic carbocycles. The molecule has 3 atom stereocenters. The van der Waals surface area contributed by atoms with Crippen LogP contribution in [0, 0.1) is 11.8 Å². The van der Waals surface area contributed by atoms with E-state index in [-0.39, 0.29) is 0 Å². The van der Waals surface area contributed by atoms with Gasteiger partial charge in [-0.1, -0.05) is 24.3 Å². The van der Waals surface area contributed by atoms with E-state index in [1.165, 1.54) is 22.2 Å². The molecule has 0 radical (unpaired) electrons. The van der Waals surface area contributed by atoms with Gasteiger partial charge in [-0.05, 0) is 42.4 Å². The number of hydrogen-bond donors (Lipinski definition) is 1. The number of ketones is 1. The molecule has 3 heteroatoms. The molecule has 3 aliphatic rings. The minimum absolute atomic E-state index is 0.308. The van der Waals surface area contributed by atoms with Crippen molar-refractivity contribution in [3.63, 3.8) is 0 Å². The number of rotatable bonds is 0. The highest BCUT2D eigenvalue weighted by Crippen LogP contribution is 2.44. The fraction of sp³-hybridized carbons (Fsp3) is 0.421. The summed E-state index contributed by atoms with van der Waals surface area (Å²) in [5.41, 5.74) is 4.18. The number of H-pyrrole nitrogens is 1. The highest BCUT2D eigenvalue weighted by Gasteiger charge is 2.40. The average molecular weight is 292 g/mol. The van der Waals surface area contributed by atoms with Crippen molar-refractivity contribution >= 4 is 16.7 Å². The first-order valence-electron chi connectivity index (χ1n) is 8.34. The second-order valence-electron chi connectivity index (χ2n) is 7.01. The van der Waals surface area contributed by atoms with Gasteiger partial charge in [0.15, 0.2) is 5.78 Å². The molecular weight excluding hydrogens is 272 g/mol. The zero-order chi connectivity index (χ0) is 14.7. The Bertz CT molecular complexity index is 788. The lowest BCUT2D eigenvalue weighted by Crippen LogP contribution is -2.46. The molecule has 1 fully saturated rings. The van der Waals surface area contributed by atoms with Gasteiger partial charge in [-0.15, -0.1) is 0 Å². The first-order chi connectivity index (χ1) is 10.8. The lowest BCUT2D eigenvalue weighted by molar-refractivity contribution is -0.117. The molecule has 3 heterocycles. The van der Waals surface area contributed by atoms with Crippen LogP contribution in [0.25, 0.3) is 10.9 Å². The summed E-state index contributed by atoms with van der Waals surface area (Å²) >= 11 is 0. The molecule has 1 aromatic heterocycles. The molecule has 2 aromatic rings. The van der Waals surface area contributed by atoms with Gasteiger partial charge in [-0.25, -0.2) is 0 Å². The molecule has 3 unspecified atom stereocenters. The van der Waals surface area contributed by atoms with Crippen LogP contribution in [0.2, 0.25) is 0 Å². The number of allylic oxidation sites excluding steroid dienone is 1. The summed E-state index contributed by atoms with van der Waals surface area (Å²) in [5, 5.41) is 1.39. The number of nitrogens with one attached hydrogen (secondary N) is 1. The monoisotopic (exact) mass is 292 g/mol. The highest BCUT2D eigenvalue weighted by molar-refractivity contribution is 5.90. The number of carbonyl (C=O) groups excluding carboxylic acids is 1. The zero-order valence-electron chi connectivity index (χ0n) is 12.6. The summed E-state index contributed by atoms with van der Waals surface area (Å²) in [6.07, 6.45) is 6.95. The molecule has 1 saturated heterocycles. The van der Waals surface area contributed by atoms with Crippen LogP contribution in [0.3, 0.4) is 0 Å². The number of aromatic amines is 1. The second kappa shape index (κ2) is 4.56. The Hall–Kier alpha value is -1.87. The van der Waals surface area contributed by atoms with Gasteiger partial charge in [-0.3, -0.25) is 9.69 Å². The Balaban J connectivity index is 1.57. The van der Waals surface area contributed by atoms with E-state index in [1.54, 1.807) is 6.08 Å². The maximum atomic E-state index is 11.8. The topological polar surface area (TPSA) is 36.1 Å². The van der Waals surface area contributed by atoms with Crippen LogP contribution < -0.4 is 0 Å². The van der Waals surface area contributed by atoms with Crippen molar-refractivity contribution in [2.45, 2.75) is 25.3 Å². The molecule has 1 N–H and O–H groups in total. The molecular formula is C19H20N2O. The normalized spacial score (nSPS) is 30.9. The fourth-order valence-corrected chi connectivity index (χ4v) is 4.75. The number of fused-ring (bicyclic) bond motifs is 6. The third-order valence-corrected chi connectivity index (χ3v) is 5.84. The molecule has 2 aliphatic heterocycles. The third-order valence-electron chi connectivity index (χ3n) is 5.84. The molecule has 22 heavy (non-hydrogen) atoms. The Kier molecular flexibility index (Phi) is 2.62. The van der Waals surface area contributed by atoms with Gasteiger partial charge in [0.05, 0.1) is 6.04 Å². The van der Waals surface area contributed by atoms with E-state index in [0.29, 0.717) is 23.7 Å². The smallest absolute Gasteiger partial charge is 0.155 e. The summed E-state index contributed by atoms with van der Waals surface area (Å²) in [6.45, 7) is 2.25. The Morgan fingerprint density at radius 2 is 2.14 bits per heavy atom. The molecule has 112 valence electrons. The molecule has 5 rings (SSSR count). The number of hydrogen-bond acceptors (Lipinski definition) is 2. The van der Waals surface area contributed by atoms with E-state index in [0.717, 1.165) is 32.4 Å². The predicted octanol–water partition coefficient (Wildman–Crippen LogP) is 3.23. The largest absolute Gasteiger partial charge is 0.357 e. The van der Waals surface area contributed by atoms with Gasteiger partial charge >= 0.3 is 0 Å². The van der Waals surface area contributed by atoms with Crippen LogP contribution in [0.4, 0.5) is 0 Å². The lowest BCUT2D eigenvalue weighted by atomic mass is 9.74. The summed E-state index contributed by atoms with van der Waals surface area (Å²) in [4.78, 5) is 18.1. The van der Waals surface area contributed by atoms with Gasteiger partial charge in [0, 0.05) is 36.1 Å². The first-order valence-corrected chi connectivity index (χ1v) is 8.34. The summed E-state index contributed by atoms with van der Waals surface area (Å²) in [6, 6.07) is 9.11. The van der Waals surface area contributed by atoms with E-state index in [9.17, 15) is 4.79 Å². The number of aromatic nitrogens is 1. The summed E-state index contributed by atoms with van der Waals surface area (Å²) in [7, 11) is 0. The quantitative estimate of drug-likeness (QED) is 0.809. The Labute approximate surface area is 130 Å². The van der Waals surface area contributed by atoms with Crippen molar-refractivity contribution in [3.05, 3.63) is 47.7 Å². The molecule has 0 amide bonds. The van der Waals surface area contributed by atoms with Crippen molar-refractivity contribution in [1.29, 1.82) is 0 Å². The number of para-hydroxylation sites is 1.